The molecule has 3 heterocycles. The fraction of sp³-hybridized carbons (Fsp3) is 0.550. The maximum absolute atomic E-state index is 11.6. The lowest BCUT2D eigenvalue weighted by Crippen LogP contribution is -2.29. The predicted molar refractivity (Wildman–Crippen MR) is 105 cm³/mol. The van der Waals surface area contributed by atoms with Crippen LogP contribution in [-0.2, 0) is 29.2 Å². The summed E-state index contributed by atoms with van der Waals surface area (Å²) in [6.07, 6.45) is 3.15. The molecular formula is C20H29N3O2S. The fourth-order valence-corrected chi connectivity index (χ4v) is 4.33. The average molecular weight is 376 g/mol. The van der Waals surface area contributed by atoms with Crippen LogP contribution in [0.3, 0.4) is 0 Å². The molecule has 142 valence electrons. The zero-order valence-corrected chi connectivity index (χ0v) is 16.8. The van der Waals surface area contributed by atoms with Gasteiger partial charge in [0, 0.05) is 68.5 Å². The van der Waals surface area contributed by atoms with E-state index in [0.717, 1.165) is 32.6 Å². The van der Waals surface area contributed by atoms with Crippen molar-refractivity contribution in [3.63, 3.8) is 0 Å². The summed E-state index contributed by atoms with van der Waals surface area (Å²) in [6, 6.07) is 8.81. The van der Waals surface area contributed by atoms with Gasteiger partial charge in [0.1, 0.15) is 6.61 Å². The second-order valence-electron chi connectivity index (χ2n) is 7.33. The molecule has 0 bridgehead atoms. The molecule has 0 aromatic carbocycles. The van der Waals surface area contributed by atoms with E-state index < -0.39 is 0 Å². The van der Waals surface area contributed by atoms with Crippen LogP contribution in [0.2, 0.25) is 0 Å². The number of aryl methyl sites for hydroxylation is 1. The summed E-state index contributed by atoms with van der Waals surface area (Å²) in [5, 5.41) is 0. The molecule has 1 aliphatic heterocycles. The van der Waals surface area contributed by atoms with Crippen LogP contribution in [0.1, 0.15) is 21.9 Å². The molecule has 0 spiro atoms. The summed E-state index contributed by atoms with van der Waals surface area (Å²) < 4.78 is 7.98. The molecule has 0 radical (unpaired) electrons. The van der Waals surface area contributed by atoms with Gasteiger partial charge < -0.3 is 14.2 Å². The number of carbonyl (C=O) groups is 1. The smallest absolute Gasteiger partial charge is 0.248 e. The number of aromatic nitrogens is 1. The summed E-state index contributed by atoms with van der Waals surface area (Å²) in [5.74, 6) is 0.549. The summed E-state index contributed by atoms with van der Waals surface area (Å²) in [7, 11) is 3.52. The molecule has 1 aliphatic rings. The van der Waals surface area contributed by atoms with E-state index >= 15 is 0 Å². The molecule has 5 nitrogen and oxygen atoms in total. The van der Waals surface area contributed by atoms with Gasteiger partial charge in [-0.05, 0) is 43.5 Å². The third-order valence-electron chi connectivity index (χ3n) is 4.85. The average Bonchev–Trinajstić information content (AvgIpc) is 3.16. The normalized spacial score (nSPS) is 17.7. The van der Waals surface area contributed by atoms with Gasteiger partial charge in [0.25, 0.3) is 0 Å². The minimum atomic E-state index is 0.0215. The summed E-state index contributed by atoms with van der Waals surface area (Å²) in [6.45, 7) is 7.04. The van der Waals surface area contributed by atoms with Crippen molar-refractivity contribution < 1.29 is 9.53 Å². The Labute approximate surface area is 160 Å². The summed E-state index contributed by atoms with van der Waals surface area (Å²) in [4.78, 5) is 18.5. The standard InChI is InChI=1S/C20H29N3O2S/c1-16-6-7-19(26-16)14-22-11-17(8-10-25-15-20(24)21(2)3)12-23-9-4-5-18(23)13-22/h4-7,9,17H,8,10-15H2,1-3H3. The summed E-state index contributed by atoms with van der Waals surface area (Å²) in [5.41, 5.74) is 1.38. The van der Waals surface area contributed by atoms with Crippen LogP contribution in [0.15, 0.2) is 30.5 Å². The lowest BCUT2D eigenvalue weighted by atomic mass is 10.1. The highest BCUT2D eigenvalue weighted by molar-refractivity contribution is 7.11. The zero-order chi connectivity index (χ0) is 18.5. The maximum Gasteiger partial charge on any atom is 0.248 e. The highest BCUT2D eigenvalue weighted by Gasteiger charge is 2.22. The van der Waals surface area contributed by atoms with Crippen LogP contribution in [0.5, 0.6) is 0 Å². The van der Waals surface area contributed by atoms with Gasteiger partial charge >= 0.3 is 0 Å². The van der Waals surface area contributed by atoms with Crippen molar-refractivity contribution >= 4 is 17.2 Å². The molecule has 1 amide bonds. The van der Waals surface area contributed by atoms with E-state index in [1.54, 1.807) is 19.0 Å². The topological polar surface area (TPSA) is 37.7 Å². The third-order valence-corrected chi connectivity index (χ3v) is 5.84. The summed E-state index contributed by atoms with van der Waals surface area (Å²) >= 11 is 1.88. The monoisotopic (exact) mass is 375 g/mol. The molecule has 2 aromatic rings. The van der Waals surface area contributed by atoms with Crippen molar-refractivity contribution in [1.82, 2.24) is 14.4 Å². The second kappa shape index (κ2) is 8.84. The Kier molecular flexibility index (Phi) is 6.51. The van der Waals surface area contributed by atoms with Crippen molar-refractivity contribution in [3.8, 4) is 0 Å². The van der Waals surface area contributed by atoms with Crippen molar-refractivity contribution in [2.45, 2.75) is 33.0 Å². The number of rotatable bonds is 7. The van der Waals surface area contributed by atoms with E-state index in [4.69, 9.17) is 4.74 Å². The van der Waals surface area contributed by atoms with Crippen LogP contribution in [0.4, 0.5) is 0 Å². The van der Waals surface area contributed by atoms with Gasteiger partial charge in [-0.15, -0.1) is 11.3 Å². The highest BCUT2D eigenvalue weighted by Crippen LogP contribution is 2.23. The molecular weight excluding hydrogens is 346 g/mol. The van der Waals surface area contributed by atoms with Crippen LogP contribution in [0, 0.1) is 12.8 Å². The van der Waals surface area contributed by atoms with Crippen LogP contribution >= 0.6 is 11.3 Å². The van der Waals surface area contributed by atoms with Crippen LogP contribution < -0.4 is 0 Å². The Bertz CT molecular complexity index is 722. The lowest BCUT2D eigenvalue weighted by molar-refractivity contribution is -0.133. The van der Waals surface area contributed by atoms with Gasteiger partial charge in [-0.25, -0.2) is 0 Å². The number of nitrogens with zero attached hydrogens (tertiary/aromatic N) is 3. The first-order valence-electron chi connectivity index (χ1n) is 9.21. The Morgan fingerprint density at radius 1 is 1.31 bits per heavy atom. The highest BCUT2D eigenvalue weighted by atomic mass is 32.1. The molecule has 26 heavy (non-hydrogen) atoms. The number of fused-ring (bicyclic) bond motifs is 1. The molecule has 2 aromatic heterocycles. The number of hydrogen-bond donors (Lipinski definition) is 0. The Morgan fingerprint density at radius 3 is 2.88 bits per heavy atom. The van der Waals surface area contributed by atoms with Crippen LogP contribution in [0.25, 0.3) is 0 Å². The van der Waals surface area contributed by atoms with Crippen molar-refractivity contribution in [2.75, 3.05) is 33.9 Å². The van der Waals surface area contributed by atoms with E-state index in [1.807, 2.05) is 11.3 Å². The Morgan fingerprint density at radius 2 is 2.15 bits per heavy atom. The zero-order valence-electron chi connectivity index (χ0n) is 16.0. The van der Waals surface area contributed by atoms with Gasteiger partial charge in [-0.1, -0.05) is 0 Å². The number of thiophene rings is 1. The van der Waals surface area contributed by atoms with Crippen molar-refractivity contribution in [2.24, 2.45) is 5.92 Å². The number of hydrogen-bond acceptors (Lipinski definition) is 4. The van der Waals surface area contributed by atoms with E-state index in [9.17, 15) is 4.79 Å². The molecule has 1 unspecified atom stereocenters. The minimum Gasteiger partial charge on any atom is -0.372 e. The van der Waals surface area contributed by atoms with Gasteiger partial charge in [0.15, 0.2) is 0 Å². The van der Waals surface area contributed by atoms with Gasteiger partial charge in [-0.3, -0.25) is 9.69 Å². The van der Waals surface area contributed by atoms with Gasteiger partial charge in [-0.2, -0.15) is 0 Å². The molecule has 0 aliphatic carbocycles. The first-order chi connectivity index (χ1) is 12.5. The van der Waals surface area contributed by atoms with Crippen LogP contribution in [-0.4, -0.2) is 54.1 Å². The molecule has 0 fully saturated rings. The number of ether oxygens (including phenoxy) is 1. The number of likely N-dealkylation sites (N-methyl/N-ethyl adjacent to an activating group) is 1. The number of amides is 1. The molecule has 0 saturated carbocycles. The number of carbonyl (C=O) groups excluding carboxylic acids is 1. The van der Waals surface area contributed by atoms with E-state index in [-0.39, 0.29) is 12.5 Å². The van der Waals surface area contributed by atoms with Crippen molar-refractivity contribution in [1.29, 1.82) is 0 Å². The largest absolute Gasteiger partial charge is 0.372 e. The van der Waals surface area contributed by atoms with E-state index in [0.29, 0.717) is 12.5 Å². The maximum atomic E-state index is 11.6. The van der Waals surface area contributed by atoms with Crippen molar-refractivity contribution in [3.05, 3.63) is 45.9 Å². The second-order valence-corrected chi connectivity index (χ2v) is 8.70. The first-order valence-corrected chi connectivity index (χ1v) is 10.0. The molecule has 0 saturated heterocycles. The minimum absolute atomic E-state index is 0.0215. The predicted octanol–water partition coefficient (Wildman–Crippen LogP) is 2.98. The lowest BCUT2D eigenvalue weighted by Gasteiger charge is -2.23. The third kappa shape index (κ3) is 5.19. The van der Waals surface area contributed by atoms with E-state index in [1.165, 1.54) is 15.4 Å². The molecule has 0 N–H and O–H groups in total. The fourth-order valence-electron chi connectivity index (χ4n) is 3.40. The molecule has 6 heteroatoms. The molecule has 1 atom stereocenters. The molecule has 3 rings (SSSR count). The SMILES string of the molecule is Cc1ccc(CN2Cc3cccn3CC(CCOCC(=O)N(C)C)C2)s1. The van der Waals surface area contributed by atoms with Gasteiger partial charge in [0.05, 0.1) is 0 Å². The van der Waals surface area contributed by atoms with Gasteiger partial charge in [0.2, 0.25) is 5.91 Å². The van der Waals surface area contributed by atoms with E-state index in [2.05, 4.69) is 46.9 Å². The Hall–Kier alpha value is -1.63. The quantitative estimate of drug-likeness (QED) is 0.698. The Balaban J connectivity index is 1.57. The first kappa shape index (κ1) is 19.1.